The van der Waals surface area contributed by atoms with Crippen molar-refractivity contribution in [1.82, 2.24) is 0 Å². The molecule has 6 N–H and O–H groups in total. The van der Waals surface area contributed by atoms with Gasteiger partial charge in [0.05, 0.1) is 11.9 Å². The number of carbonyl (C=O) groups excluding carboxylic acids is 2. The van der Waals surface area contributed by atoms with Crippen LogP contribution >= 0.6 is 0 Å². The van der Waals surface area contributed by atoms with Crippen LogP contribution in [0.5, 0.6) is 0 Å². The molecule has 2 saturated carbocycles. The average Bonchev–Trinajstić information content (AvgIpc) is 2.10. The van der Waals surface area contributed by atoms with Crippen LogP contribution in [-0.2, 0) is 40.2 Å². The van der Waals surface area contributed by atoms with Gasteiger partial charge in [0.25, 0.3) is 0 Å². The van der Waals surface area contributed by atoms with Crippen molar-refractivity contribution < 1.29 is 60.7 Å². The summed E-state index contributed by atoms with van der Waals surface area (Å²) in [5.74, 6) is -5.44. The second kappa shape index (κ2) is 9.59. The van der Waals surface area contributed by atoms with E-state index in [-0.39, 0.29) is 59.0 Å². The normalized spacial score (nSPS) is 18.4. The summed E-state index contributed by atoms with van der Waals surface area (Å²) in [5.41, 5.74) is -3.11. The number of rotatable bonds is 4. The van der Waals surface area contributed by atoms with Crippen LogP contribution < -0.4 is 10.2 Å². The predicted octanol–water partition coefficient (Wildman–Crippen LogP) is -0.586. The van der Waals surface area contributed by atoms with E-state index in [9.17, 15) is 29.4 Å². The minimum atomic E-state index is -1.67. The van der Waals surface area contributed by atoms with Gasteiger partial charge in [-0.05, 0) is 32.1 Å². The van der Waals surface area contributed by atoms with Crippen molar-refractivity contribution >= 4 is 23.9 Å². The zero-order valence-electron chi connectivity index (χ0n) is 12.1. The quantitative estimate of drug-likeness (QED) is 0.461. The zero-order chi connectivity index (χ0) is 15.6. The molecule has 2 aliphatic carbocycles. The molecule has 0 aliphatic heterocycles. The molecule has 0 aromatic rings. The summed E-state index contributed by atoms with van der Waals surface area (Å²) >= 11 is 0. The first-order valence-corrected chi connectivity index (χ1v) is 6.09. The number of nitrogens with two attached hydrogens (primary N) is 2. The van der Waals surface area contributed by atoms with Crippen molar-refractivity contribution in [1.29, 1.82) is 0 Å². The van der Waals surface area contributed by atoms with Gasteiger partial charge in [-0.25, -0.2) is 0 Å². The molecule has 134 valence electrons. The molecule has 0 bridgehead atoms. The third kappa shape index (κ3) is 4.73. The smallest absolute Gasteiger partial charge is 0.693 e. The fourth-order valence-corrected chi connectivity index (χ4v) is 2.07. The first-order chi connectivity index (χ1) is 9.19. The van der Waals surface area contributed by atoms with Gasteiger partial charge in [0.15, 0.2) is 5.41 Å². The van der Waals surface area contributed by atoms with Gasteiger partial charge in [0, 0.05) is 5.41 Å². The topological polar surface area (TPSA) is 222 Å². The molecule has 0 radical (unpaired) electrons. The summed E-state index contributed by atoms with van der Waals surface area (Å²) in [7, 11) is 0. The number of carboxylic acid groups (broad SMARTS) is 4. The van der Waals surface area contributed by atoms with Crippen LogP contribution in [0.3, 0.4) is 0 Å². The van der Waals surface area contributed by atoms with E-state index in [1.165, 1.54) is 0 Å². The summed E-state index contributed by atoms with van der Waals surface area (Å²) in [5, 5.41) is 37.4. The van der Waals surface area contributed by atoms with Gasteiger partial charge in [0.2, 0.25) is 0 Å². The Balaban J connectivity index is -0.000000308. The molecule has 0 aromatic heterocycles. The number of carbonyl (C=O) groups is 4. The third-order valence-electron chi connectivity index (χ3n) is 4.01. The maximum Gasteiger partial charge on any atom is 4.00 e. The maximum atomic E-state index is 10.4. The Kier molecular flexibility index (Phi) is 11.0. The van der Waals surface area contributed by atoms with Crippen LogP contribution in [0.25, 0.3) is 12.3 Å². The van der Waals surface area contributed by atoms with Crippen molar-refractivity contribution in [3.05, 3.63) is 12.3 Å². The number of carboxylic acids is 4. The maximum absolute atomic E-state index is 10.4. The Morgan fingerprint density at radius 3 is 0.957 bits per heavy atom. The molecule has 0 spiro atoms. The van der Waals surface area contributed by atoms with Crippen LogP contribution in [0.2, 0.25) is 0 Å². The second-order valence-electron chi connectivity index (χ2n) is 5.06. The van der Waals surface area contributed by atoms with Crippen molar-refractivity contribution in [3.8, 4) is 0 Å². The Bertz CT molecular complexity index is 386. The van der Waals surface area contributed by atoms with Gasteiger partial charge >= 0.3 is 33.0 Å². The SMILES string of the molecule is O=C(O)C1(C(=O)O)CCC1.O=C([O-])C1(C(=O)[O-])CCC1.[NH2-].[NH2-].[Pt+4]. The van der Waals surface area contributed by atoms with Crippen LogP contribution in [-0.4, -0.2) is 34.1 Å². The van der Waals surface area contributed by atoms with E-state index >= 15 is 0 Å². The Morgan fingerprint density at radius 2 is 0.957 bits per heavy atom. The Morgan fingerprint density at radius 1 is 0.696 bits per heavy atom. The zero-order valence-corrected chi connectivity index (χ0v) is 14.3. The Hall–Kier alpha value is -1.51. The minimum absolute atomic E-state index is 0. The molecule has 0 amide bonds. The molecule has 23 heavy (non-hydrogen) atoms. The molecule has 0 unspecified atom stereocenters. The summed E-state index contributed by atoms with van der Waals surface area (Å²) in [6.45, 7) is 0. The summed E-state index contributed by atoms with van der Waals surface area (Å²) in [4.78, 5) is 41.2. The van der Waals surface area contributed by atoms with E-state index in [4.69, 9.17) is 10.2 Å². The molecule has 10 nitrogen and oxygen atoms in total. The first kappa shape index (κ1) is 26.4. The van der Waals surface area contributed by atoms with Crippen LogP contribution in [0.1, 0.15) is 38.5 Å². The van der Waals surface area contributed by atoms with E-state index in [1.807, 2.05) is 0 Å². The monoisotopic (exact) mass is 513 g/mol. The third-order valence-corrected chi connectivity index (χ3v) is 4.01. The second-order valence-corrected chi connectivity index (χ2v) is 5.06. The van der Waals surface area contributed by atoms with Gasteiger partial charge in [-0.3, -0.25) is 9.59 Å². The minimum Gasteiger partial charge on any atom is -0.693 e. The van der Waals surface area contributed by atoms with Gasteiger partial charge in [-0.15, -0.1) is 0 Å². The van der Waals surface area contributed by atoms with Crippen LogP contribution in [0.15, 0.2) is 0 Å². The van der Waals surface area contributed by atoms with E-state index in [0.29, 0.717) is 12.8 Å². The van der Waals surface area contributed by atoms with Gasteiger partial charge < -0.3 is 42.3 Å². The van der Waals surface area contributed by atoms with Crippen molar-refractivity contribution in [2.45, 2.75) is 38.5 Å². The van der Waals surface area contributed by atoms with E-state index in [2.05, 4.69) is 0 Å². The standard InChI is InChI=1S/2C6H8O4.2H2N.Pt/c2*7-4(8)6(5(9)10)2-1-3-6;;;/h2*1-3H2,(H,7,8)(H,9,10);2*1H2;/q;;2*-1;+4/p-2. The van der Waals surface area contributed by atoms with Crippen molar-refractivity contribution in [2.24, 2.45) is 10.8 Å². The summed E-state index contributed by atoms with van der Waals surface area (Å²) in [6.07, 6.45) is 2.19. The van der Waals surface area contributed by atoms with Crippen LogP contribution in [0.4, 0.5) is 0 Å². The molecule has 2 fully saturated rings. The van der Waals surface area contributed by atoms with Crippen molar-refractivity contribution in [2.75, 3.05) is 0 Å². The molecule has 0 atom stereocenters. The number of aliphatic carboxylic acids is 4. The van der Waals surface area contributed by atoms with Gasteiger partial charge in [-0.1, -0.05) is 6.42 Å². The molecule has 0 saturated heterocycles. The van der Waals surface area contributed by atoms with Gasteiger partial charge in [-0.2, -0.15) is 0 Å². The molecular weight excluding hydrogens is 495 g/mol. The molecule has 0 aromatic carbocycles. The molecular formula is C12H18N2O8Pt. The summed E-state index contributed by atoms with van der Waals surface area (Å²) < 4.78 is 0. The molecule has 2 rings (SSSR count). The predicted molar refractivity (Wildman–Crippen MR) is 68.4 cm³/mol. The number of hydrogen-bond donors (Lipinski definition) is 2. The largest absolute Gasteiger partial charge is 4.00 e. The van der Waals surface area contributed by atoms with Crippen LogP contribution in [0, 0.1) is 10.8 Å². The summed E-state index contributed by atoms with van der Waals surface area (Å²) in [6, 6.07) is 0. The molecule has 0 heterocycles. The fourth-order valence-electron chi connectivity index (χ4n) is 2.07. The van der Waals surface area contributed by atoms with Crippen molar-refractivity contribution in [3.63, 3.8) is 0 Å². The van der Waals surface area contributed by atoms with Gasteiger partial charge in [0.1, 0.15) is 0 Å². The van der Waals surface area contributed by atoms with E-state index in [0.717, 1.165) is 0 Å². The average molecular weight is 513 g/mol. The van der Waals surface area contributed by atoms with E-state index in [1.54, 1.807) is 0 Å². The van der Waals surface area contributed by atoms with E-state index < -0.39 is 34.7 Å². The number of hydrogen-bond acceptors (Lipinski definition) is 6. The first-order valence-electron chi connectivity index (χ1n) is 6.09. The molecule has 11 heteroatoms. The Labute approximate surface area is 146 Å². The molecule has 2 aliphatic rings. The fraction of sp³-hybridized carbons (Fsp3) is 0.667.